The maximum absolute atomic E-state index is 10.6. The molecular formula is C9H19NO3. The Labute approximate surface area is 79.3 Å². The predicted molar refractivity (Wildman–Crippen MR) is 50.5 cm³/mol. The molecule has 0 aliphatic rings. The molecule has 1 amide bonds. The van der Waals surface area contributed by atoms with Gasteiger partial charge in [0.1, 0.15) is 0 Å². The van der Waals surface area contributed by atoms with E-state index >= 15 is 0 Å². The molecule has 1 unspecified atom stereocenters. The zero-order valence-electron chi connectivity index (χ0n) is 8.76. The number of methoxy groups -OCH3 is 1. The Balaban J connectivity index is 3.63. The van der Waals surface area contributed by atoms with E-state index in [0.29, 0.717) is 6.42 Å². The topological polar surface area (TPSA) is 58.6 Å². The lowest BCUT2D eigenvalue weighted by Gasteiger charge is -2.22. The number of alkyl carbamates (subject to hydrolysis) is 1. The van der Waals surface area contributed by atoms with Gasteiger partial charge in [-0.1, -0.05) is 20.8 Å². The molecule has 0 aromatic heterocycles. The van der Waals surface area contributed by atoms with Crippen molar-refractivity contribution in [2.75, 3.05) is 13.7 Å². The third-order valence-electron chi connectivity index (χ3n) is 1.52. The Morgan fingerprint density at radius 3 is 2.46 bits per heavy atom. The number of ether oxygens (including phenoxy) is 1. The van der Waals surface area contributed by atoms with Crippen molar-refractivity contribution < 1.29 is 14.6 Å². The monoisotopic (exact) mass is 189 g/mol. The molecule has 0 aliphatic carbocycles. The summed E-state index contributed by atoms with van der Waals surface area (Å²) in [6.07, 6.45) is -0.371. The average Bonchev–Trinajstić information content (AvgIpc) is 1.97. The van der Waals surface area contributed by atoms with E-state index in [2.05, 4.69) is 10.1 Å². The number of hydrogen-bond donors (Lipinski definition) is 2. The van der Waals surface area contributed by atoms with Crippen molar-refractivity contribution in [3.63, 3.8) is 0 Å². The van der Waals surface area contributed by atoms with E-state index in [1.807, 2.05) is 20.8 Å². The second-order valence-corrected chi connectivity index (χ2v) is 4.29. The third-order valence-corrected chi connectivity index (χ3v) is 1.52. The molecule has 0 saturated heterocycles. The van der Waals surface area contributed by atoms with Crippen molar-refractivity contribution in [3.8, 4) is 0 Å². The van der Waals surface area contributed by atoms with Crippen LogP contribution in [0.15, 0.2) is 0 Å². The molecule has 4 heteroatoms. The molecule has 0 spiro atoms. The summed E-state index contributed by atoms with van der Waals surface area (Å²) in [6.45, 7) is 6.35. The SMILES string of the molecule is COC(=O)NCC(O)CC(C)(C)C. The average molecular weight is 189 g/mol. The highest BCUT2D eigenvalue weighted by molar-refractivity contribution is 5.66. The summed E-state index contributed by atoms with van der Waals surface area (Å²) in [4.78, 5) is 10.6. The maximum atomic E-state index is 10.6. The Morgan fingerprint density at radius 1 is 1.54 bits per heavy atom. The summed E-state index contributed by atoms with van der Waals surface area (Å²) in [6, 6.07) is 0. The van der Waals surface area contributed by atoms with Gasteiger partial charge in [-0.3, -0.25) is 0 Å². The highest BCUT2D eigenvalue weighted by Gasteiger charge is 2.16. The van der Waals surface area contributed by atoms with Crippen LogP contribution in [0.25, 0.3) is 0 Å². The lowest BCUT2D eigenvalue weighted by Crippen LogP contribution is -2.34. The molecule has 0 fully saturated rings. The van der Waals surface area contributed by atoms with E-state index < -0.39 is 12.2 Å². The molecule has 2 N–H and O–H groups in total. The molecule has 0 radical (unpaired) electrons. The van der Waals surface area contributed by atoms with Crippen molar-refractivity contribution in [1.29, 1.82) is 0 Å². The van der Waals surface area contributed by atoms with Crippen LogP contribution >= 0.6 is 0 Å². The fraction of sp³-hybridized carbons (Fsp3) is 0.889. The van der Waals surface area contributed by atoms with E-state index in [1.165, 1.54) is 7.11 Å². The van der Waals surface area contributed by atoms with Crippen LogP contribution in [0.4, 0.5) is 4.79 Å². The zero-order chi connectivity index (χ0) is 10.5. The molecule has 0 aromatic rings. The normalized spacial score (nSPS) is 13.6. The second kappa shape index (κ2) is 5.07. The Hall–Kier alpha value is -0.770. The highest BCUT2D eigenvalue weighted by Crippen LogP contribution is 2.20. The number of carbonyl (C=O) groups is 1. The number of amides is 1. The lowest BCUT2D eigenvalue weighted by molar-refractivity contribution is 0.113. The number of aliphatic hydroxyl groups excluding tert-OH is 1. The van der Waals surface area contributed by atoms with Gasteiger partial charge in [0.05, 0.1) is 13.2 Å². The van der Waals surface area contributed by atoms with Crippen molar-refractivity contribution >= 4 is 6.09 Å². The fourth-order valence-corrected chi connectivity index (χ4v) is 1.05. The highest BCUT2D eigenvalue weighted by atomic mass is 16.5. The number of hydrogen-bond acceptors (Lipinski definition) is 3. The summed E-state index contributed by atoms with van der Waals surface area (Å²) < 4.78 is 4.37. The molecule has 1 atom stereocenters. The van der Waals surface area contributed by atoms with Crippen molar-refractivity contribution in [3.05, 3.63) is 0 Å². The predicted octanol–water partition coefficient (Wildman–Crippen LogP) is 1.14. The molecule has 0 heterocycles. The van der Waals surface area contributed by atoms with Crippen LogP contribution < -0.4 is 5.32 Å². The third kappa shape index (κ3) is 7.59. The molecule has 0 aliphatic heterocycles. The minimum absolute atomic E-state index is 0.0667. The summed E-state index contributed by atoms with van der Waals surface area (Å²) >= 11 is 0. The summed E-state index contributed by atoms with van der Waals surface area (Å²) in [5, 5.41) is 11.9. The van der Waals surface area contributed by atoms with Gasteiger partial charge in [-0.2, -0.15) is 0 Å². The first-order chi connectivity index (χ1) is 5.85. The zero-order valence-corrected chi connectivity index (χ0v) is 8.76. The standard InChI is InChI=1S/C9H19NO3/c1-9(2,3)5-7(11)6-10-8(12)13-4/h7,11H,5-6H2,1-4H3,(H,10,12). The van der Waals surface area contributed by atoms with E-state index in [0.717, 1.165) is 0 Å². The molecule has 0 rings (SSSR count). The van der Waals surface area contributed by atoms with Gasteiger partial charge in [0, 0.05) is 6.54 Å². The maximum Gasteiger partial charge on any atom is 0.406 e. The lowest BCUT2D eigenvalue weighted by atomic mass is 9.89. The fourth-order valence-electron chi connectivity index (χ4n) is 1.05. The van der Waals surface area contributed by atoms with Gasteiger partial charge < -0.3 is 15.2 Å². The van der Waals surface area contributed by atoms with Crippen molar-refractivity contribution in [2.24, 2.45) is 5.41 Å². The quantitative estimate of drug-likeness (QED) is 0.700. The number of rotatable bonds is 3. The summed E-state index contributed by atoms with van der Waals surface area (Å²) in [5.74, 6) is 0. The van der Waals surface area contributed by atoms with E-state index in [1.54, 1.807) is 0 Å². The Kier molecular flexibility index (Phi) is 4.77. The van der Waals surface area contributed by atoms with Crippen molar-refractivity contribution in [1.82, 2.24) is 5.32 Å². The van der Waals surface area contributed by atoms with Crippen LogP contribution in [-0.2, 0) is 4.74 Å². The van der Waals surface area contributed by atoms with Gasteiger partial charge in [0.2, 0.25) is 0 Å². The number of nitrogens with one attached hydrogen (secondary N) is 1. The largest absolute Gasteiger partial charge is 0.453 e. The van der Waals surface area contributed by atoms with Gasteiger partial charge in [0.25, 0.3) is 0 Å². The minimum atomic E-state index is -0.515. The molecule has 0 aromatic carbocycles. The molecule has 0 bridgehead atoms. The van der Waals surface area contributed by atoms with E-state index in [4.69, 9.17) is 0 Å². The molecule has 4 nitrogen and oxygen atoms in total. The minimum Gasteiger partial charge on any atom is -0.453 e. The number of carbonyl (C=O) groups excluding carboxylic acids is 1. The first kappa shape index (κ1) is 12.2. The Morgan fingerprint density at radius 2 is 2.08 bits per heavy atom. The van der Waals surface area contributed by atoms with Crippen LogP contribution in [0.5, 0.6) is 0 Å². The van der Waals surface area contributed by atoms with Crippen LogP contribution in [0, 0.1) is 5.41 Å². The molecule has 78 valence electrons. The van der Waals surface area contributed by atoms with Gasteiger partial charge in [-0.25, -0.2) is 4.79 Å². The number of aliphatic hydroxyl groups is 1. The summed E-state index contributed by atoms with van der Waals surface area (Å²) in [5.41, 5.74) is 0.0667. The van der Waals surface area contributed by atoms with E-state index in [9.17, 15) is 9.90 Å². The second-order valence-electron chi connectivity index (χ2n) is 4.29. The molecule has 0 saturated carbocycles. The van der Waals surface area contributed by atoms with Gasteiger partial charge >= 0.3 is 6.09 Å². The Bertz CT molecular complexity index is 163. The van der Waals surface area contributed by atoms with Crippen LogP contribution in [0.2, 0.25) is 0 Å². The van der Waals surface area contributed by atoms with Crippen LogP contribution in [0.1, 0.15) is 27.2 Å². The van der Waals surface area contributed by atoms with E-state index in [-0.39, 0.29) is 12.0 Å². The molecule has 13 heavy (non-hydrogen) atoms. The van der Waals surface area contributed by atoms with Gasteiger partial charge in [0.15, 0.2) is 0 Å². The first-order valence-electron chi connectivity index (χ1n) is 4.35. The van der Waals surface area contributed by atoms with Gasteiger partial charge in [-0.05, 0) is 11.8 Å². The van der Waals surface area contributed by atoms with Crippen molar-refractivity contribution in [2.45, 2.75) is 33.3 Å². The smallest absolute Gasteiger partial charge is 0.406 e. The first-order valence-corrected chi connectivity index (χ1v) is 4.35. The van der Waals surface area contributed by atoms with Gasteiger partial charge in [-0.15, -0.1) is 0 Å². The van der Waals surface area contributed by atoms with Crippen LogP contribution in [0.3, 0.4) is 0 Å². The summed E-state index contributed by atoms with van der Waals surface area (Å²) in [7, 11) is 1.30. The molecular weight excluding hydrogens is 170 g/mol. The van der Waals surface area contributed by atoms with Crippen LogP contribution in [-0.4, -0.2) is 31.0 Å².